The summed E-state index contributed by atoms with van der Waals surface area (Å²) in [6.45, 7) is 6.82. The number of benzene rings is 1. The molecule has 98 valence electrons. The fourth-order valence-electron chi connectivity index (χ4n) is 4.45. The number of aromatic hydroxyl groups is 1. The van der Waals surface area contributed by atoms with E-state index >= 15 is 0 Å². The predicted molar refractivity (Wildman–Crippen MR) is 71.2 cm³/mol. The third kappa shape index (κ3) is 1.17. The minimum Gasteiger partial charge on any atom is -0.508 e. The molecule has 2 heteroatoms. The zero-order chi connectivity index (χ0) is 13.2. The molecule has 2 aliphatic carbocycles. The minimum absolute atomic E-state index is 0.0678. The molecule has 0 saturated heterocycles. The summed E-state index contributed by atoms with van der Waals surface area (Å²) in [5, 5.41) is 20.7. The second kappa shape index (κ2) is 3.30. The van der Waals surface area contributed by atoms with E-state index in [1.54, 1.807) is 12.1 Å². The average molecular weight is 246 g/mol. The summed E-state index contributed by atoms with van der Waals surface area (Å²) in [7, 11) is 0. The van der Waals surface area contributed by atoms with Crippen LogP contribution in [0, 0.1) is 16.7 Å². The van der Waals surface area contributed by atoms with Crippen molar-refractivity contribution in [2.24, 2.45) is 16.7 Å². The molecule has 3 atom stereocenters. The molecule has 0 unspecified atom stereocenters. The van der Waals surface area contributed by atoms with E-state index in [2.05, 4.69) is 20.8 Å². The molecule has 2 bridgehead atoms. The van der Waals surface area contributed by atoms with Crippen LogP contribution in [0.3, 0.4) is 0 Å². The van der Waals surface area contributed by atoms with Gasteiger partial charge in [0.25, 0.3) is 0 Å². The van der Waals surface area contributed by atoms with Crippen molar-refractivity contribution in [1.29, 1.82) is 0 Å². The number of rotatable bonds is 1. The van der Waals surface area contributed by atoms with E-state index in [4.69, 9.17) is 0 Å². The summed E-state index contributed by atoms with van der Waals surface area (Å²) in [5.74, 6) is 0.858. The summed E-state index contributed by atoms with van der Waals surface area (Å²) < 4.78 is 0. The molecule has 2 saturated carbocycles. The van der Waals surface area contributed by atoms with Crippen LogP contribution in [-0.2, 0) is 5.60 Å². The van der Waals surface area contributed by atoms with E-state index in [0.717, 1.165) is 18.4 Å². The van der Waals surface area contributed by atoms with Crippen molar-refractivity contribution in [1.82, 2.24) is 0 Å². The van der Waals surface area contributed by atoms with Crippen LogP contribution < -0.4 is 0 Å². The quantitative estimate of drug-likeness (QED) is 0.797. The smallest absolute Gasteiger partial charge is 0.115 e. The van der Waals surface area contributed by atoms with E-state index in [-0.39, 0.29) is 16.6 Å². The lowest BCUT2D eigenvalue weighted by Crippen LogP contribution is -2.44. The van der Waals surface area contributed by atoms with Gasteiger partial charge in [0, 0.05) is 5.41 Å². The minimum atomic E-state index is -0.743. The lowest BCUT2D eigenvalue weighted by atomic mass is 9.62. The highest BCUT2D eigenvalue weighted by molar-refractivity contribution is 5.35. The first-order valence-electron chi connectivity index (χ1n) is 6.83. The van der Waals surface area contributed by atoms with Crippen LogP contribution in [0.5, 0.6) is 5.75 Å². The monoisotopic (exact) mass is 246 g/mol. The van der Waals surface area contributed by atoms with Gasteiger partial charge in [-0.15, -0.1) is 0 Å². The number of hydrogen-bond acceptors (Lipinski definition) is 2. The van der Waals surface area contributed by atoms with E-state index in [1.807, 2.05) is 12.1 Å². The lowest BCUT2D eigenvalue weighted by molar-refractivity contribution is -0.0957. The van der Waals surface area contributed by atoms with E-state index in [1.165, 1.54) is 6.42 Å². The Morgan fingerprint density at radius 2 is 1.72 bits per heavy atom. The fourth-order valence-corrected chi connectivity index (χ4v) is 4.45. The molecule has 0 spiro atoms. The van der Waals surface area contributed by atoms with Crippen LogP contribution in [0.1, 0.15) is 45.6 Å². The van der Waals surface area contributed by atoms with Crippen molar-refractivity contribution in [3.63, 3.8) is 0 Å². The number of phenols is 1. The van der Waals surface area contributed by atoms with Gasteiger partial charge in [0.2, 0.25) is 0 Å². The van der Waals surface area contributed by atoms with Crippen molar-refractivity contribution < 1.29 is 10.2 Å². The molecule has 1 aromatic carbocycles. The molecule has 0 heterocycles. The van der Waals surface area contributed by atoms with E-state index in [0.29, 0.717) is 5.92 Å². The van der Waals surface area contributed by atoms with Gasteiger partial charge in [0.1, 0.15) is 5.75 Å². The number of hydrogen-bond donors (Lipinski definition) is 2. The lowest BCUT2D eigenvalue weighted by Gasteiger charge is -2.45. The molecule has 3 rings (SSSR count). The summed E-state index contributed by atoms with van der Waals surface area (Å²) in [6.07, 6.45) is 3.16. The highest BCUT2D eigenvalue weighted by Gasteiger charge is 2.68. The van der Waals surface area contributed by atoms with Crippen LogP contribution in [0.15, 0.2) is 24.3 Å². The third-order valence-corrected chi connectivity index (χ3v) is 6.24. The third-order valence-electron chi connectivity index (χ3n) is 6.24. The second-order valence-electron chi connectivity index (χ2n) is 6.90. The Morgan fingerprint density at radius 1 is 1.11 bits per heavy atom. The first-order chi connectivity index (χ1) is 8.31. The Hall–Kier alpha value is -1.02. The topological polar surface area (TPSA) is 40.5 Å². The molecule has 0 aliphatic heterocycles. The predicted octanol–water partition coefficient (Wildman–Crippen LogP) is 3.43. The normalized spacial score (nSPS) is 41.2. The average Bonchev–Trinajstić information content (AvgIpc) is 2.62. The largest absolute Gasteiger partial charge is 0.508 e. The van der Waals surface area contributed by atoms with Gasteiger partial charge < -0.3 is 10.2 Å². The summed E-state index contributed by atoms with van der Waals surface area (Å²) in [5.41, 5.74) is 0.326. The molecule has 0 amide bonds. The SMILES string of the molecule is CC1(C)[C@@H]2CC[C@]1(C)[C@](O)(c1ccc(O)cc1)C2. The summed E-state index contributed by atoms with van der Waals surface area (Å²) in [6, 6.07) is 7.10. The molecule has 2 N–H and O–H groups in total. The van der Waals surface area contributed by atoms with Crippen LogP contribution in [0.25, 0.3) is 0 Å². The van der Waals surface area contributed by atoms with Gasteiger partial charge >= 0.3 is 0 Å². The van der Waals surface area contributed by atoms with Gasteiger partial charge in [-0.1, -0.05) is 32.9 Å². The van der Waals surface area contributed by atoms with Gasteiger partial charge in [-0.2, -0.15) is 0 Å². The molecule has 2 nitrogen and oxygen atoms in total. The van der Waals surface area contributed by atoms with Gasteiger partial charge in [-0.05, 0) is 48.3 Å². The summed E-state index contributed by atoms with van der Waals surface area (Å²) >= 11 is 0. The van der Waals surface area contributed by atoms with Gasteiger partial charge in [-0.25, -0.2) is 0 Å². The highest BCUT2D eigenvalue weighted by Crippen LogP contribution is 2.72. The van der Waals surface area contributed by atoms with Crippen LogP contribution in [0.4, 0.5) is 0 Å². The van der Waals surface area contributed by atoms with E-state index in [9.17, 15) is 10.2 Å². The number of phenolic OH excluding ortho intramolecular Hbond substituents is 1. The fraction of sp³-hybridized carbons (Fsp3) is 0.625. The zero-order valence-electron chi connectivity index (χ0n) is 11.4. The van der Waals surface area contributed by atoms with Gasteiger partial charge in [0.05, 0.1) is 5.60 Å². The first kappa shape index (κ1) is 12.0. The Bertz CT molecular complexity index is 476. The Morgan fingerprint density at radius 3 is 2.17 bits per heavy atom. The molecule has 18 heavy (non-hydrogen) atoms. The van der Waals surface area contributed by atoms with Crippen molar-refractivity contribution >= 4 is 0 Å². The summed E-state index contributed by atoms with van der Waals surface area (Å²) in [4.78, 5) is 0. The maximum Gasteiger partial charge on any atom is 0.115 e. The molecule has 0 radical (unpaired) electrons. The molecular formula is C16H22O2. The first-order valence-corrected chi connectivity index (χ1v) is 6.83. The Balaban J connectivity index is 2.10. The number of fused-ring (bicyclic) bond motifs is 2. The van der Waals surface area contributed by atoms with Crippen LogP contribution in [-0.4, -0.2) is 10.2 Å². The Labute approximate surface area is 109 Å². The second-order valence-corrected chi connectivity index (χ2v) is 6.90. The number of aliphatic hydroxyl groups is 1. The standard InChI is InChI=1S/C16H22O2/c1-14(2)12-8-9-15(14,3)16(18,10-12)11-4-6-13(17)7-5-11/h4-7,12,17-18H,8-10H2,1-3H3/t12-,15+,16-/m1/s1. The van der Waals surface area contributed by atoms with Gasteiger partial charge in [0.15, 0.2) is 0 Å². The van der Waals surface area contributed by atoms with Crippen molar-refractivity contribution in [2.75, 3.05) is 0 Å². The zero-order valence-corrected chi connectivity index (χ0v) is 11.4. The maximum absolute atomic E-state index is 11.3. The molecule has 2 aliphatic rings. The Kier molecular flexibility index (Phi) is 2.20. The van der Waals surface area contributed by atoms with Crippen molar-refractivity contribution in [3.8, 4) is 5.75 Å². The van der Waals surface area contributed by atoms with E-state index < -0.39 is 5.60 Å². The molecule has 2 fully saturated rings. The molecule has 1 aromatic rings. The maximum atomic E-state index is 11.3. The highest BCUT2D eigenvalue weighted by atomic mass is 16.3. The van der Waals surface area contributed by atoms with Crippen LogP contribution >= 0.6 is 0 Å². The van der Waals surface area contributed by atoms with Crippen molar-refractivity contribution in [3.05, 3.63) is 29.8 Å². The van der Waals surface area contributed by atoms with Gasteiger partial charge in [-0.3, -0.25) is 0 Å². The molecular weight excluding hydrogens is 224 g/mol. The molecule has 0 aromatic heterocycles. The van der Waals surface area contributed by atoms with Crippen LogP contribution in [0.2, 0.25) is 0 Å². The van der Waals surface area contributed by atoms with Crippen molar-refractivity contribution in [2.45, 2.75) is 45.6 Å².